The molecule has 1 amide bonds. The Morgan fingerprint density at radius 2 is 1.79 bits per heavy atom. The second kappa shape index (κ2) is 9.06. The number of piperidine rings is 1. The van der Waals surface area contributed by atoms with E-state index in [4.69, 9.17) is 4.74 Å². The van der Waals surface area contributed by atoms with Crippen LogP contribution in [0, 0.1) is 6.92 Å². The second-order valence-electron chi connectivity index (χ2n) is 10.3. The van der Waals surface area contributed by atoms with Crippen LogP contribution in [0.5, 0.6) is 17.2 Å². The number of hydrogen-bond acceptors (Lipinski definition) is 6. The Hall–Kier alpha value is -3.45. The maximum Gasteiger partial charge on any atom is 0.251 e. The molecule has 1 aliphatic rings. The summed E-state index contributed by atoms with van der Waals surface area (Å²) in [6, 6.07) is 12.4. The number of nitrogens with zero attached hydrogens (tertiary/aromatic N) is 2. The van der Waals surface area contributed by atoms with E-state index in [1.54, 1.807) is 24.5 Å². The molecule has 7 heteroatoms. The van der Waals surface area contributed by atoms with Gasteiger partial charge in [0.25, 0.3) is 5.91 Å². The van der Waals surface area contributed by atoms with Crippen molar-refractivity contribution >= 4 is 5.91 Å². The lowest BCUT2D eigenvalue weighted by Gasteiger charge is -2.46. The molecule has 1 saturated heterocycles. The molecule has 0 saturated carbocycles. The van der Waals surface area contributed by atoms with Gasteiger partial charge in [-0.15, -0.1) is 0 Å². The number of rotatable bonds is 5. The van der Waals surface area contributed by atoms with Crippen LogP contribution in [-0.4, -0.2) is 38.3 Å². The van der Waals surface area contributed by atoms with Gasteiger partial charge in [-0.2, -0.15) is 10.2 Å². The van der Waals surface area contributed by atoms with Gasteiger partial charge in [0, 0.05) is 28.2 Å². The van der Waals surface area contributed by atoms with Gasteiger partial charge in [-0.25, -0.2) is 0 Å². The molecular formula is C27H32N4O3. The van der Waals surface area contributed by atoms with Crippen LogP contribution in [0.1, 0.15) is 56.5 Å². The first kappa shape index (κ1) is 23.7. The van der Waals surface area contributed by atoms with Crippen LogP contribution in [0.25, 0.3) is 11.1 Å². The van der Waals surface area contributed by atoms with E-state index in [0.29, 0.717) is 11.3 Å². The van der Waals surface area contributed by atoms with Gasteiger partial charge >= 0.3 is 0 Å². The lowest BCUT2D eigenvalue weighted by molar-refractivity contribution is 0.0872. The molecule has 3 N–H and O–H groups in total. The maximum absolute atomic E-state index is 12.9. The van der Waals surface area contributed by atoms with E-state index in [-0.39, 0.29) is 34.5 Å². The Labute approximate surface area is 200 Å². The first-order valence-corrected chi connectivity index (χ1v) is 11.5. The van der Waals surface area contributed by atoms with E-state index in [1.165, 1.54) is 6.07 Å². The second-order valence-corrected chi connectivity index (χ2v) is 10.3. The van der Waals surface area contributed by atoms with Crippen LogP contribution in [0.4, 0.5) is 0 Å². The fraction of sp³-hybridized carbons (Fsp3) is 0.370. The first-order chi connectivity index (χ1) is 16.0. The van der Waals surface area contributed by atoms with Crippen molar-refractivity contribution in [3.8, 4) is 28.4 Å². The third-order valence-electron chi connectivity index (χ3n) is 6.15. The highest BCUT2D eigenvalue weighted by atomic mass is 16.5. The topological polar surface area (TPSA) is 96.4 Å². The third kappa shape index (κ3) is 5.37. The summed E-state index contributed by atoms with van der Waals surface area (Å²) >= 11 is 0. The number of ether oxygens (including phenoxy) is 1. The standard InChI is InChI=1S/C27H32N4O3/c1-17-21(19-11-12-28-29-16-19)7-6-8-23(17)34-24-10-9-18(13-22(24)32)25(33)30-20-14-26(2,3)31-27(4,5)15-20/h6-13,16,20,31-32H,14-15H2,1-5H3,(H,30,33). The molecule has 4 rings (SSSR count). The molecular weight excluding hydrogens is 428 g/mol. The van der Waals surface area contributed by atoms with Crippen molar-refractivity contribution in [1.82, 2.24) is 20.8 Å². The largest absolute Gasteiger partial charge is 0.504 e. The minimum Gasteiger partial charge on any atom is -0.504 e. The van der Waals surface area contributed by atoms with Crippen LogP contribution in [0.15, 0.2) is 54.9 Å². The molecule has 7 nitrogen and oxygen atoms in total. The van der Waals surface area contributed by atoms with Gasteiger partial charge in [0.2, 0.25) is 0 Å². The van der Waals surface area contributed by atoms with Gasteiger partial charge in [0.15, 0.2) is 11.5 Å². The molecule has 0 bridgehead atoms. The van der Waals surface area contributed by atoms with Gasteiger partial charge < -0.3 is 20.5 Å². The van der Waals surface area contributed by atoms with Crippen molar-refractivity contribution in [1.29, 1.82) is 0 Å². The smallest absolute Gasteiger partial charge is 0.251 e. The Balaban J connectivity index is 1.49. The monoisotopic (exact) mass is 460 g/mol. The lowest BCUT2D eigenvalue weighted by atomic mass is 9.79. The average molecular weight is 461 g/mol. The van der Waals surface area contributed by atoms with Crippen molar-refractivity contribution in [2.45, 2.75) is 64.6 Å². The summed E-state index contributed by atoms with van der Waals surface area (Å²) in [6.45, 7) is 10.5. The van der Waals surface area contributed by atoms with E-state index < -0.39 is 0 Å². The van der Waals surface area contributed by atoms with Gasteiger partial charge in [-0.1, -0.05) is 12.1 Å². The summed E-state index contributed by atoms with van der Waals surface area (Å²) in [5.74, 6) is 0.604. The number of carbonyl (C=O) groups excluding carboxylic acids is 1. The van der Waals surface area contributed by atoms with Crippen molar-refractivity contribution < 1.29 is 14.6 Å². The predicted octanol–water partition coefficient (Wildman–Crippen LogP) is 4.99. The number of aromatic hydroxyl groups is 1. The van der Waals surface area contributed by atoms with Crippen molar-refractivity contribution in [3.05, 3.63) is 66.0 Å². The molecule has 34 heavy (non-hydrogen) atoms. The van der Waals surface area contributed by atoms with E-state index in [1.807, 2.05) is 31.2 Å². The van der Waals surface area contributed by atoms with E-state index in [2.05, 4.69) is 48.5 Å². The van der Waals surface area contributed by atoms with Gasteiger partial charge in [0.05, 0.1) is 12.4 Å². The molecule has 2 aromatic carbocycles. The van der Waals surface area contributed by atoms with E-state index in [9.17, 15) is 9.90 Å². The quantitative estimate of drug-likeness (QED) is 0.496. The summed E-state index contributed by atoms with van der Waals surface area (Å²) < 4.78 is 6.02. The molecule has 0 radical (unpaired) electrons. The number of nitrogens with one attached hydrogen (secondary N) is 2. The van der Waals surface area contributed by atoms with Crippen LogP contribution >= 0.6 is 0 Å². The molecule has 0 unspecified atom stereocenters. The highest BCUT2D eigenvalue weighted by Gasteiger charge is 2.38. The predicted molar refractivity (Wildman–Crippen MR) is 132 cm³/mol. The number of phenolic OH excluding ortho intramolecular Hbond substituents is 1. The molecule has 1 aliphatic heterocycles. The fourth-order valence-electron chi connectivity index (χ4n) is 5.04. The normalized spacial score (nSPS) is 17.2. The number of hydrogen-bond donors (Lipinski definition) is 3. The summed E-state index contributed by atoms with van der Waals surface area (Å²) in [5, 5.41) is 25.1. The zero-order valence-corrected chi connectivity index (χ0v) is 20.3. The lowest BCUT2D eigenvalue weighted by Crippen LogP contribution is -2.62. The summed E-state index contributed by atoms with van der Waals surface area (Å²) in [5.41, 5.74) is 3.06. The summed E-state index contributed by atoms with van der Waals surface area (Å²) in [7, 11) is 0. The molecule has 0 aliphatic carbocycles. The molecule has 178 valence electrons. The third-order valence-corrected chi connectivity index (χ3v) is 6.15. The Morgan fingerprint density at radius 3 is 2.44 bits per heavy atom. The number of benzene rings is 2. The van der Waals surface area contributed by atoms with E-state index in [0.717, 1.165) is 29.5 Å². The zero-order chi connectivity index (χ0) is 24.5. The highest BCUT2D eigenvalue weighted by Crippen LogP contribution is 2.36. The Kier molecular flexibility index (Phi) is 6.32. The van der Waals surface area contributed by atoms with Crippen LogP contribution < -0.4 is 15.4 Å². The fourth-order valence-corrected chi connectivity index (χ4v) is 5.04. The minimum absolute atomic E-state index is 0.0462. The number of carbonyl (C=O) groups is 1. The number of aromatic nitrogens is 2. The van der Waals surface area contributed by atoms with Gasteiger partial charge in [-0.05, 0) is 88.9 Å². The van der Waals surface area contributed by atoms with Crippen LogP contribution in [0.2, 0.25) is 0 Å². The molecule has 1 aromatic heterocycles. The van der Waals surface area contributed by atoms with Crippen molar-refractivity contribution in [3.63, 3.8) is 0 Å². The molecule has 0 spiro atoms. The van der Waals surface area contributed by atoms with Crippen molar-refractivity contribution in [2.24, 2.45) is 0 Å². The van der Waals surface area contributed by atoms with Crippen molar-refractivity contribution in [2.75, 3.05) is 0 Å². The maximum atomic E-state index is 12.9. The Morgan fingerprint density at radius 1 is 1.06 bits per heavy atom. The molecule has 2 heterocycles. The van der Waals surface area contributed by atoms with Crippen LogP contribution in [0.3, 0.4) is 0 Å². The molecule has 0 atom stereocenters. The molecule has 3 aromatic rings. The SMILES string of the molecule is Cc1c(Oc2ccc(C(=O)NC3CC(C)(C)NC(C)(C)C3)cc2O)cccc1-c1ccnnc1. The van der Waals surface area contributed by atoms with Gasteiger partial charge in [-0.3, -0.25) is 4.79 Å². The average Bonchev–Trinajstić information content (AvgIpc) is 2.74. The molecule has 1 fully saturated rings. The van der Waals surface area contributed by atoms with E-state index >= 15 is 0 Å². The summed E-state index contributed by atoms with van der Waals surface area (Å²) in [6.07, 6.45) is 5.00. The zero-order valence-electron chi connectivity index (χ0n) is 20.3. The highest BCUT2D eigenvalue weighted by molar-refractivity contribution is 5.95. The minimum atomic E-state index is -0.205. The van der Waals surface area contributed by atoms with Crippen LogP contribution in [-0.2, 0) is 0 Å². The van der Waals surface area contributed by atoms with Gasteiger partial charge in [0.1, 0.15) is 5.75 Å². The number of amides is 1. The number of phenols is 1. The first-order valence-electron chi connectivity index (χ1n) is 11.5. The summed E-state index contributed by atoms with van der Waals surface area (Å²) in [4.78, 5) is 12.9. The Bertz CT molecular complexity index is 1180.